The Kier molecular flexibility index (Phi) is 4.38. The predicted octanol–water partition coefficient (Wildman–Crippen LogP) is 1.53. The molecule has 2 fully saturated rings. The summed E-state index contributed by atoms with van der Waals surface area (Å²) in [6.45, 7) is 0.990. The van der Waals surface area contributed by atoms with Crippen molar-refractivity contribution in [3.63, 3.8) is 0 Å². The zero-order valence-electron chi connectivity index (χ0n) is 14.2. The lowest BCUT2D eigenvalue weighted by atomic mass is 9.95. The van der Waals surface area contributed by atoms with Gasteiger partial charge in [-0.2, -0.15) is 0 Å². The second-order valence-electron chi connectivity index (χ2n) is 6.99. The molecule has 0 aromatic carbocycles. The number of likely N-dealkylation sites (tertiary alicyclic amines) is 1. The summed E-state index contributed by atoms with van der Waals surface area (Å²) >= 11 is 0. The van der Waals surface area contributed by atoms with Crippen LogP contribution in [0, 0.1) is 5.92 Å². The van der Waals surface area contributed by atoms with Crippen molar-refractivity contribution in [2.45, 2.75) is 51.1 Å². The molecule has 2 aliphatic rings. The first-order valence-electron chi connectivity index (χ1n) is 9.05. The summed E-state index contributed by atoms with van der Waals surface area (Å²) in [4.78, 5) is 35.1. The summed E-state index contributed by atoms with van der Waals surface area (Å²) in [7, 11) is 0. The van der Waals surface area contributed by atoms with Crippen LogP contribution in [0.3, 0.4) is 0 Å². The van der Waals surface area contributed by atoms with E-state index in [9.17, 15) is 9.59 Å². The molecule has 2 amide bonds. The van der Waals surface area contributed by atoms with Gasteiger partial charge in [0.2, 0.25) is 11.8 Å². The molecule has 0 unspecified atom stereocenters. The third kappa shape index (κ3) is 3.23. The third-order valence-corrected chi connectivity index (χ3v) is 5.42. The number of hydrogen-bond acceptors (Lipinski definition) is 4. The predicted molar refractivity (Wildman–Crippen MR) is 91.5 cm³/mol. The van der Waals surface area contributed by atoms with Crippen LogP contribution >= 0.6 is 0 Å². The quantitative estimate of drug-likeness (QED) is 0.914. The van der Waals surface area contributed by atoms with Crippen molar-refractivity contribution in [1.29, 1.82) is 0 Å². The lowest BCUT2D eigenvalue weighted by molar-refractivity contribution is -0.140. The van der Waals surface area contributed by atoms with E-state index < -0.39 is 0 Å². The smallest absolute Gasteiger partial charge is 0.225 e. The zero-order chi connectivity index (χ0) is 17.2. The fraction of sp³-hybridized carbons (Fsp3) is 0.556. The van der Waals surface area contributed by atoms with Gasteiger partial charge in [0, 0.05) is 31.4 Å². The molecular weight excluding hydrogens is 318 g/mol. The van der Waals surface area contributed by atoms with E-state index in [0.29, 0.717) is 32.0 Å². The Morgan fingerprint density at radius 1 is 1.24 bits per heavy atom. The van der Waals surface area contributed by atoms with E-state index in [4.69, 9.17) is 0 Å². The number of fused-ring (bicyclic) bond motifs is 1. The summed E-state index contributed by atoms with van der Waals surface area (Å²) in [6, 6.07) is 0.342. The van der Waals surface area contributed by atoms with Crippen molar-refractivity contribution in [3.05, 3.63) is 30.5 Å². The fourth-order valence-corrected chi connectivity index (χ4v) is 4.00. The third-order valence-electron chi connectivity index (χ3n) is 5.42. The number of imidazole rings is 1. The number of amides is 2. The Morgan fingerprint density at radius 2 is 2.08 bits per heavy atom. The molecule has 7 nitrogen and oxygen atoms in total. The van der Waals surface area contributed by atoms with E-state index in [-0.39, 0.29) is 17.7 Å². The van der Waals surface area contributed by atoms with Crippen LogP contribution < -0.4 is 5.32 Å². The molecule has 4 rings (SSSR count). The van der Waals surface area contributed by atoms with Gasteiger partial charge >= 0.3 is 0 Å². The average Bonchev–Trinajstić information content (AvgIpc) is 3.30. The van der Waals surface area contributed by atoms with Crippen LogP contribution in [0.5, 0.6) is 0 Å². The summed E-state index contributed by atoms with van der Waals surface area (Å²) < 4.78 is 1.92. The lowest BCUT2D eigenvalue weighted by Crippen LogP contribution is -2.49. The maximum absolute atomic E-state index is 12.6. The summed E-state index contributed by atoms with van der Waals surface area (Å²) in [6.07, 6.45) is 12.6. The Hall–Kier alpha value is -2.44. The highest BCUT2D eigenvalue weighted by Crippen LogP contribution is 2.28. The maximum Gasteiger partial charge on any atom is 0.225 e. The Labute approximate surface area is 146 Å². The molecule has 1 saturated carbocycles. The number of hydrogen-bond donors (Lipinski definition) is 1. The van der Waals surface area contributed by atoms with Gasteiger partial charge in [0.15, 0.2) is 5.65 Å². The van der Waals surface area contributed by atoms with Gasteiger partial charge in [-0.15, -0.1) is 0 Å². The highest BCUT2D eigenvalue weighted by atomic mass is 16.2. The van der Waals surface area contributed by atoms with Crippen LogP contribution in [-0.2, 0) is 16.1 Å². The lowest BCUT2D eigenvalue weighted by Gasteiger charge is -2.36. The van der Waals surface area contributed by atoms with Crippen LogP contribution in [0.2, 0.25) is 0 Å². The van der Waals surface area contributed by atoms with Crippen LogP contribution in [-0.4, -0.2) is 43.7 Å². The molecule has 2 aromatic heterocycles. The van der Waals surface area contributed by atoms with E-state index in [1.165, 1.54) is 12.8 Å². The first-order chi connectivity index (χ1) is 12.2. The SMILES string of the molecule is O=C(NCc1cnc2cnccn12)[C@@H]1CCC(=O)N(C2CCCC2)C1. The molecule has 1 aliphatic heterocycles. The van der Waals surface area contributed by atoms with Gasteiger partial charge in [-0.1, -0.05) is 12.8 Å². The second kappa shape index (κ2) is 6.82. The van der Waals surface area contributed by atoms with Crippen LogP contribution in [0.25, 0.3) is 5.65 Å². The zero-order valence-corrected chi connectivity index (χ0v) is 14.2. The van der Waals surface area contributed by atoms with Crippen molar-refractivity contribution in [3.8, 4) is 0 Å². The topological polar surface area (TPSA) is 79.6 Å². The number of carbonyl (C=O) groups excluding carboxylic acids is 2. The largest absolute Gasteiger partial charge is 0.350 e. The van der Waals surface area contributed by atoms with E-state index in [2.05, 4.69) is 15.3 Å². The fourth-order valence-electron chi connectivity index (χ4n) is 4.00. The van der Waals surface area contributed by atoms with Crippen molar-refractivity contribution in [1.82, 2.24) is 24.6 Å². The minimum absolute atomic E-state index is 0.0273. The van der Waals surface area contributed by atoms with Crippen molar-refractivity contribution < 1.29 is 9.59 Å². The second-order valence-corrected chi connectivity index (χ2v) is 6.99. The number of nitrogens with one attached hydrogen (secondary N) is 1. The van der Waals surface area contributed by atoms with Gasteiger partial charge in [-0.25, -0.2) is 4.98 Å². The summed E-state index contributed by atoms with van der Waals surface area (Å²) in [5.41, 5.74) is 1.69. The van der Waals surface area contributed by atoms with Gasteiger partial charge in [0.1, 0.15) is 0 Å². The maximum atomic E-state index is 12.6. The molecule has 0 radical (unpaired) electrons. The monoisotopic (exact) mass is 341 g/mol. The van der Waals surface area contributed by atoms with Crippen LogP contribution in [0.15, 0.2) is 24.8 Å². The summed E-state index contributed by atoms with van der Waals surface area (Å²) in [5.74, 6) is 0.129. The molecule has 1 N–H and O–H groups in total. The highest BCUT2D eigenvalue weighted by Gasteiger charge is 2.35. The summed E-state index contributed by atoms with van der Waals surface area (Å²) in [5, 5.41) is 3.01. The molecule has 7 heteroatoms. The number of carbonyl (C=O) groups is 2. The number of piperidine rings is 1. The van der Waals surface area contributed by atoms with Crippen molar-refractivity contribution in [2.75, 3.05) is 6.54 Å². The van der Waals surface area contributed by atoms with E-state index in [1.807, 2.05) is 15.5 Å². The molecule has 1 aliphatic carbocycles. The average molecular weight is 341 g/mol. The molecular formula is C18H23N5O2. The van der Waals surface area contributed by atoms with E-state index >= 15 is 0 Å². The molecule has 25 heavy (non-hydrogen) atoms. The number of rotatable bonds is 4. The van der Waals surface area contributed by atoms with Crippen molar-refractivity contribution in [2.24, 2.45) is 5.92 Å². The van der Waals surface area contributed by atoms with Gasteiger partial charge in [-0.05, 0) is 19.3 Å². The van der Waals surface area contributed by atoms with Gasteiger partial charge in [0.05, 0.1) is 30.6 Å². The minimum atomic E-state index is -0.112. The Morgan fingerprint density at radius 3 is 2.92 bits per heavy atom. The minimum Gasteiger partial charge on any atom is -0.350 e. The van der Waals surface area contributed by atoms with Crippen LogP contribution in [0.4, 0.5) is 0 Å². The molecule has 132 valence electrons. The molecule has 0 spiro atoms. The molecule has 1 saturated heterocycles. The van der Waals surface area contributed by atoms with Crippen LogP contribution in [0.1, 0.15) is 44.2 Å². The van der Waals surface area contributed by atoms with E-state index in [0.717, 1.165) is 24.2 Å². The highest BCUT2D eigenvalue weighted by molar-refractivity contribution is 5.84. The molecule has 0 bridgehead atoms. The number of aromatic nitrogens is 3. The van der Waals surface area contributed by atoms with Gasteiger partial charge in [-0.3, -0.25) is 19.0 Å². The first-order valence-corrected chi connectivity index (χ1v) is 9.05. The molecule has 1 atom stereocenters. The normalized spacial score (nSPS) is 21.8. The van der Waals surface area contributed by atoms with Crippen molar-refractivity contribution >= 4 is 17.5 Å². The first kappa shape index (κ1) is 16.1. The molecule has 2 aromatic rings. The van der Waals surface area contributed by atoms with E-state index in [1.54, 1.807) is 18.6 Å². The van der Waals surface area contributed by atoms with Gasteiger partial charge < -0.3 is 10.2 Å². The standard InChI is InChI=1S/C18H23N5O2/c24-17-6-5-13(12-23(17)14-3-1-2-4-14)18(25)21-10-15-9-20-16-11-19-7-8-22(15)16/h7-9,11,13-14H,1-6,10,12H2,(H,21,25)/t13-/m1/s1. The number of nitrogens with zero attached hydrogens (tertiary/aromatic N) is 4. The Bertz CT molecular complexity index is 781. The molecule has 3 heterocycles. The Balaban J connectivity index is 1.38. The van der Waals surface area contributed by atoms with Gasteiger partial charge in [0.25, 0.3) is 0 Å².